The van der Waals surface area contributed by atoms with Gasteiger partial charge in [0.2, 0.25) is 5.91 Å². The van der Waals surface area contributed by atoms with Crippen molar-refractivity contribution in [2.24, 2.45) is 0 Å². The number of hydrogen-bond donors (Lipinski definition) is 3. The summed E-state index contributed by atoms with van der Waals surface area (Å²) in [6, 6.07) is 11.6. The van der Waals surface area contributed by atoms with E-state index >= 15 is 0 Å². The van der Waals surface area contributed by atoms with Crippen LogP contribution in [0.1, 0.15) is 17.4 Å². The second-order valence-electron chi connectivity index (χ2n) is 6.50. The Kier molecular flexibility index (Phi) is 5.20. The van der Waals surface area contributed by atoms with Crippen molar-refractivity contribution in [1.82, 2.24) is 9.97 Å². The molecule has 0 atom stereocenters. The highest BCUT2D eigenvalue weighted by molar-refractivity contribution is 7.14. The monoisotopic (exact) mass is 424 g/mol. The number of ether oxygens (including phenoxy) is 1. The third-order valence-corrected chi connectivity index (χ3v) is 5.12. The molecule has 0 saturated heterocycles. The summed E-state index contributed by atoms with van der Waals surface area (Å²) in [4.78, 5) is 31.0. The normalized spacial score (nSPS) is 10.8. The van der Waals surface area contributed by atoms with E-state index < -0.39 is 5.82 Å². The first-order valence-corrected chi connectivity index (χ1v) is 9.82. The Morgan fingerprint density at radius 3 is 2.70 bits per heavy atom. The van der Waals surface area contributed by atoms with E-state index in [1.165, 1.54) is 30.4 Å². The van der Waals surface area contributed by atoms with Gasteiger partial charge in [0, 0.05) is 40.5 Å². The Morgan fingerprint density at radius 1 is 1.13 bits per heavy atom. The summed E-state index contributed by atoms with van der Waals surface area (Å²) >= 11 is 1.19. The van der Waals surface area contributed by atoms with Crippen molar-refractivity contribution in [1.29, 1.82) is 0 Å². The Morgan fingerprint density at radius 2 is 1.97 bits per heavy atom. The molecule has 2 aromatic heterocycles. The molecule has 4 aromatic rings. The fourth-order valence-corrected chi connectivity index (χ4v) is 3.68. The highest BCUT2D eigenvalue weighted by Crippen LogP contribution is 2.29. The van der Waals surface area contributed by atoms with E-state index in [1.807, 2.05) is 12.1 Å². The smallest absolute Gasteiger partial charge is 0.273 e. The largest absolute Gasteiger partial charge is 0.497 e. The fraction of sp³-hybridized carbons (Fsp3) is 0.0952. The van der Waals surface area contributed by atoms with E-state index in [4.69, 9.17) is 4.74 Å². The van der Waals surface area contributed by atoms with Gasteiger partial charge >= 0.3 is 0 Å². The van der Waals surface area contributed by atoms with Crippen LogP contribution in [0.5, 0.6) is 5.75 Å². The van der Waals surface area contributed by atoms with Gasteiger partial charge in [-0.1, -0.05) is 0 Å². The summed E-state index contributed by atoms with van der Waals surface area (Å²) in [5.74, 6) is -0.467. The lowest BCUT2D eigenvalue weighted by molar-refractivity contribution is -0.114. The van der Waals surface area contributed by atoms with Crippen LogP contribution in [0, 0.1) is 5.82 Å². The van der Waals surface area contributed by atoms with Crippen molar-refractivity contribution < 1.29 is 18.7 Å². The molecule has 0 aliphatic carbocycles. The molecule has 4 rings (SSSR count). The topological polar surface area (TPSA) is 96.1 Å². The number of H-pyrrole nitrogens is 1. The zero-order valence-corrected chi connectivity index (χ0v) is 16.9. The lowest BCUT2D eigenvalue weighted by Crippen LogP contribution is -2.11. The Balaban J connectivity index is 1.52. The van der Waals surface area contributed by atoms with Gasteiger partial charge < -0.3 is 15.0 Å². The average Bonchev–Trinajstić information content (AvgIpc) is 3.33. The van der Waals surface area contributed by atoms with Crippen molar-refractivity contribution >= 4 is 44.9 Å². The highest BCUT2D eigenvalue weighted by atomic mass is 32.1. The predicted molar refractivity (Wildman–Crippen MR) is 115 cm³/mol. The number of halogens is 1. The van der Waals surface area contributed by atoms with Crippen LogP contribution in [0.3, 0.4) is 0 Å². The maximum Gasteiger partial charge on any atom is 0.273 e. The summed E-state index contributed by atoms with van der Waals surface area (Å²) < 4.78 is 19.6. The molecule has 2 heterocycles. The Hall–Kier alpha value is -3.72. The minimum absolute atomic E-state index is 0.276. The van der Waals surface area contributed by atoms with Gasteiger partial charge in [-0.25, -0.2) is 9.37 Å². The summed E-state index contributed by atoms with van der Waals surface area (Å²) in [5.41, 5.74) is 2.19. The predicted octanol–water partition coefficient (Wildman–Crippen LogP) is 4.65. The lowest BCUT2D eigenvalue weighted by Gasteiger charge is -2.05. The van der Waals surface area contributed by atoms with E-state index in [0.29, 0.717) is 28.0 Å². The maximum atomic E-state index is 14.4. The first kappa shape index (κ1) is 19.6. The number of nitrogens with one attached hydrogen (secondary N) is 3. The van der Waals surface area contributed by atoms with Gasteiger partial charge in [0.15, 0.2) is 5.13 Å². The van der Waals surface area contributed by atoms with Crippen molar-refractivity contribution in [2.45, 2.75) is 6.92 Å². The molecule has 2 aromatic carbocycles. The summed E-state index contributed by atoms with van der Waals surface area (Å²) in [7, 11) is 1.58. The summed E-state index contributed by atoms with van der Waals surface area (Å²) in [6.07, 6.45) is 0. The molecule has 0 unspecified atom stereocenters. The van der Waals surface area contributed by atoms with Gasteiger partial charge in [0.05, 0.1) is 12.8 Å². The van der Waals surface area contributed by atoms with Crippen LogP contribution in [0.2, 0.25) is 0 Å². The van der Waals surface area contributed by atoms with Gasteiger partial charge in [-0.15, -0.1) is 11.3 Å². The van der Waals surface area contributed by atoms with Gasteiger partial charge in [0.25, 0.3) is 5.91 Å². The quantitative estimate of drug-likeness (QED) is 0.435. The number of anilines is 2. The SMILES string of the molecule is COc1ccc2cc(C(=O)Nc3nc(-c4ccc(NC(C)=O)cc4F)cs3)[nH]c2c1. The van der Waals surface area contributed by atoms with E-state index in [0.717, 1.165) is 10.9 Å². The number of benzene rings is 2. The van der Waals surface area contributed by atoms with Crippen LogP contribution in [0.25, 0.3) is 22.2 Å². The molecule has 0 fully saturated rings. The average molecular weight is 424 g/mol. The van der Waals surface area contributed by atoms with Gasteiger partial charge in [-0.05, 0) is 36.4 Å². The van der Waals surface area contributed by atoms with Crippen LogP contribution in [-0.4, -0.2) is 28.9 Å². The summed E-state index contributed by atoms with van der Waals surface area (Å²) in [5, 5.41) is 8.12. The molecule has 0 bridgehead atoms. The number of carbonyl (C=O) groups is 2. The number of carbonyl (C=O) groups excluding carboxylic acids is 2. The van der Waals surface area contributed by atoms with Crippen molar-refractivity contribution in [2.75, 3.05) is 17.7 Å². The number of nitrogens with zero attached hydrogens (tertiary/aromatic N) is 1. The summed E-state index contributed by atoms with van der Waals surface area (Å²) in [6.45, 7) is 1.35. The molecular weight excluding hydrogens is 407 g/mol. The van der Waals surface area contributed by atoms with Crippen LogP contribution in [0.4, 0.5) is 15.2 Å². The third-order valence-electron chi connectivity index (χ3n) is 4.36. The molecule has 30 heavy (non-hydrogen) atoms. The molecule has 0 saturated carbocycles. The Bertz CT molecular complexity index is 1260. The van der Waals surface area contributed by atoms with E-state index in [1.54, 1.807) is 30.7 Å². The van der Waals surface area contributed by atoms with Crippen molar-refractivity contribution in [3.05, 3.63) is 59.4 Å². The van der Waals surface area contributed by atoms with E-state index in [9.17, 15) is 14.0 Å². The van der Waals surface area contributed by atoms with Crippen molar-refractivity contribution in [3.8, 4) is 17.0 Å². The third kappa shape index (κ3) is 4.01. The number of thiazole rings is 1. The first-order valence-electron chi connectivity index (χ1n) is 8.94. The zero-order chi connectivity index (χ0) is 21.3. The van der Waals surface area contributed by atoms with Crippen LogP contribution in [-0.2, 0) is 4.79 Å². The standard InChI is InChI=1S/C21H17FN4O3S/c1-11(27)23-13-4-6-15(16(22)8-13)19-10-30-21(25-19)26-20(28)18-7-12-3-5-14(29-2)9-17(12)24-18/h3-10,24H,1-2H3,(H,23,27)(H,25,26,28). The van der Waals surface area contributed by atoms with Gasteiger partial charge in [0.1, 0.15) is 17.3 Å². The van der Waals surface area contributed by atoms with E-state index in [-0.39, 0.29) is 17.4 Å². The minimum Gasteiger partial charge on any atom is -0.497 e. The molecule has 0 aliphatic rings. The molecule has 0 aliphatic heterocycles. The fourth-order valence-electron chi connectivity index (χ4n) is 2.98. The molecule has 7 nitrogen and oxygen atoms in total. The van der Waals surface area contributed by atoms with Crippen LogP contribution >= 0.6 is 11.3 Å². The number of methoxy groups -OCH3 is 1. The highest BCUT2D eigenvalue weighted by Gasteiger charge is 2.15. The van der Waals surface area contributed by atoms with Crippen molar-refractivity contribution in [3.63, 3.8) is 0 Å². The molecular formula is C21H17FN4O3S. The number of amides is 2. The van der Waals surface area contributed by atoms with E-state index in [2.05, 4.69) is 20.6 Å². The van der Waals surface area contributed by atoms with Crippen LogP contribution in [0.15, 0.2) is 47.8 Å². The molecule has 3 N–H and O–H groups in total. The van der Waals surface area contributed by atoms with Gasteiger partial charge in [-0.2, -0.15) is 0 Å². The number of aromatic amines is 1. The second-order valence-corrected chi connectivity index (χ2v) is 7.36. The maximum absolute atomic E-state index is 14.4. The molecule has 0 spiro atoms. The molecule has 152 valence electrons. The second kappa shape index (κ2) is 7.96. The minimum atomic E-state index is -0.519. The molecule has 2 amide bonds. The first-order chi connectivity index (χ1) is 14.4. The number of hydrogen-bond acceptors (Lipinski definition) is 5. The number of rotatable bonds is 5. The molecule has 9 heteroatoms. The molecule has 0 radical (unpaired) electrons. The number of fused-ring (bicyclic) bond motifs is 1. The van der Waals surface area contributed by atoms with Crippen LogP contribution < -0.4 is 15.4 Å². The van der Waals surface area contributed by atoms with Gasteiger partial charge in [-0.3, -0.25) is 14.9 Å². The lowest BCUT2D eigenvalue weighted by atomic mass is 10.1. The number of aromatic nitrogens is 2. The Labute approximate surface area is 174 Å². The zero-order valence-electron chi connectivity index (χ0n) is 16.1.